The molecule has 1 saturated heterocycles. The predicted molar refractivity (Wildman–Crippen MR) is 70.5 cm³/mol. The first kappa shape index (κ1) is 14.3. The van der Waals surface area contributed by atoms with Crippen LogP contribution in [0.3, 0.4) is 0 Å². The molecule has 7 heteroatoms. The standard InChI is InChI=1S/C12H18ClN3O3/c1-8-10(13)11(16(3)14-8)12(17)15(2)6-9-7-18-4-5-19-9/h9H,4-7H2,1-3H3. The number of rotatable bonds is 3. The van der Waals surface area contributed by atoms with Crippen molar-refractivity contribution in [1.82, 2.24) is 14.7 Å². The maximum absolute atomic E-state index is 12.4. The summed E-state index contributed by atoms with van der Waals surface area (Å²) in [4.78, 5) is 13.9. The van der Waals surface area contributed by atoms with Gasteiger partial charge >= 0.3 is 0 Å². The molecule has 0 aliphatic carbocycles. The summed E-state index contributed by atoms with van der Waals surface area (Å²) in [5.41, 5.74) is 1.05. The first-order chi connectivity index (χ1) is 9.00. The molecule has 2 rings (SSSR count). The van der Waals surface area contributed by atoms with Gasteiger partial charge in [-0.05, 0) is 6.92 Å². The van der Waals surface area contributed by atoms with Crippen LogP contribution in [0.2, 0.25) is 5.02 Å². The van der Waals surface area contributed by atoms with Crippen molar-refractivity contribution >= 4 is 17.5 Å². The summed E-state index contributed by atoms with van der Waals surface area (Å²) in [5.74, 6) is -0.165. The molecule has 0 N–H and O–H groups in total. The zero-order valence-corrected chi connectivity index (χ0v) is 12.1. The Morgan fingerprint density at radius 1 is 1.58 bits per heavy atom. The summed E-state index contributed by atoms with van der Waals surface area (Å²) in [5, 5.41) is 4.55. The lowest BCUT2D eigenvalue weighted by atomic mass is 10.3. The van der Waals surface area contributed by atoms with Gasteiger partial charge in [-0.25, -0.2) is 0 Å². The molecule has 0 radical (unpaired) electrons. The van der Waals surface area contributed by atoms with E-state index >= 15 is 0 Å². The Balaban J connectivity index is 2.05. The molecule has 1 atom stereocenters. The fourth-order valence-electron chi connectivity index (χ4n) is 2.08. The zero-order valence-electron chi connectivity index (χ0n) is 11.4. The molecule has 19 heavy (non-hydrogen) atoms. The average molecular weight is 288 g/mol. The van der Waals surface area contributed by atoms with Gasteiger partial charge in [-0.15, -0.1) is 0 Å². The molecule has 6 nitrogen and oxygen atoms in total. The van der Waals surface area contributed by atoms with E-state index in [2.05, 4.69) is 5.10 Å². The van der Waals surface area contributed by atoms with Crippen LogP contribution in [0.1, 0.15) is 16.2 Å². The van der Waals surface area contributed by atoms with Crippen molar-refractivity contribution < 1.29 is 14.3 Å². The third-order valence-electron chi connectivity index (χ3n) is 3.06. The van der Waals surface area contributed by atoms with Gasteiger partial charge in [0.15, 0.2) is 0 Å². The third kappa shape index (κ3) is 3.08. The Bertz CT molecular complexity index is 469. The van der Waals surface area contributed by atoms with Crippen LogP contribution in [-0.2, 0) is 16.5 Å². The number of nitrogens with zero attached hydrogens (tertiary/aromatic N) is 3. The van der Waals surface area contributed by atoms with Crippen molar-refractivity contribution in [3.05, 3.63) is 16.4 Å². The molecule has 106 valence electrons. The minimum atomic E-state index is -0.165. The fourth-order valence-corrected chi connectivity index (χ4v) is 2.32. The molecule has 1 aromatic heterocycles. The van der Waals surface area contributed by atoms with Gasteiger partial charge in [0.25, 0.3) is 5.91 Å². The number of hydrogen-bond donors (Lipinski definition) is 0. The lowest BCUT2D eigenvalue weighted by Crippen LogP contribution is -2.41. The zero-order chi connectivity index (χ0) is 14.0. The van der Waals surface area contributed by atoms with Crippen molar-refractivity contribution in [2.45, 2.75) is 13.0 Å². The Morgan fingerprint density at radius 3 is 2.84 bits per heavy atom. The lowest BCUT2D eigenvalue weighted by Gasteiger charge is -2.27. The summed E-state index contributed by atoms with van der Waals surface area (Å²) >= 11 is 6.11. The van der Waals surface area contributed by atoms with E-state index in [-0.39, 0.29) is 12.0 Å². The summed E-state index contributed by atoms with van der Waals surface area (Å²) in [7, 11) is 3.43. The van der Waals surface area contributed by atoms with E-state index < -0.39 is 0 Å². The highest BCUT2D eigenvalue weighted by molar-refractivity contribution is 6.34. The smallest absolute Gasteiger partial charge is 0.273 e. The van der Waals surface area contributed by atoms with Crippen molar-refractivity contribution in [1.29, 1.82) is 0 Å². The molecule has 1 amide bonds. The monoisotopic (exact) mass is 287 g/mol. The first-order valence-electron chi connectivity index (χ1n) is 6.14. The Hall–Kier alpha value is -1.11. The Morgan fingerprint density at radius 2 is 2.32 bits per heavy atom. The van der Waals surface area contributed by atoms with Gasteiger partial charge in [0.2, 0.25) is 0 Å². The summed E-state index contributed by atoms with van der Waals surface area (Å²) in [6, 6.07) is 0. The average Bonchev–Trinajstić information content (AvgIpc) is 2.63. The second kappa shape index (κ2) is 5.90. The molecule has 0 aromatic carbocycles. The van der Waals surface area contributed by atoms with Crippen molar-refractivity contribution in [3.63, 3.8) is 0 Å². The summed E-state index contributed by atoms with van der Waals surface area (Å²) in [6.45, 7) is 3.94. The summed E-state index contributed by atoms with van der Waals surface area (Å²) in [6.07, 6.45) is -0.0872. The topological polar surface area (TPSA) is 56.6 Å². The van der Waals surface area contributed by atoms with Gasteiger partial charge in [-0.2, -0.15) is 5.10 Å². The molecule has 0 spiro atoms. The highest BCUT2D eigenvalue weighted by Crippen LogP contribution is 2.20. The van der Waals surface area contributed by atoms with Crippen LogP contribution in [0, 0.1) is 6.92 Å². The number of likely N-dealkylation sites (N-methyl/N-ethyl adjacent to an activating group) is 1. The van der Waals surface area contributed by atoms with Gasteiger partial charge in [0.1, 0.15) is 5.69 Å². The SMILES string of the molecule is Cc1nn(C)c(C(=O)N(C)CC2COCCO2)c1Cl. The van der Waals surface area contributed by atoms with E-state index in [0.717, 1.165) is 0 Å². The largest absolute Gasteiger partial charge is 0.376 e. The maximum atomic E-state index is 12.4. The predicted octanol–water partition coefficient (Wildman–Crippen LogP) is 0.869. The van der Waals surface area contributed by atoms with Gasteiger partial charge in [0.05, 0.1) is 36.6 Å². The molecule has 1 aliphatic heterocycles. The lowest BCUT2D eigenvalue weighted by molar-refractivity contribution is -0.0934. The Labute approximate surface area is 117 Å². The van der Waals surface area contributed by atoms with Crippen molar-refractivity contribution in [3.8, 4) is 0 Å². The molecule has 0 saturated carbocycles. The van der Waals surface area contributed by atoms with Crippen LogP contribution in [0.25, 0.3) is 0 Å². The second-order valence-electron chi connectivity index (χ2n) is 4.62. The number of carbonyl (C=O) groups excluding carboxylic acids is 1. The number of amides is 1. The quantitative estimate of drug-likeness (QED) is 0.828. The molecular weight excluding hydrogens is 270 g/mol. The molecular formula is C12H18ClN3O3. The van der Waals surface area contributed by atoms with E-state index in [9.17, 15) is 4.79 Å². The van der Waals surface area contributed by atoms with E-state index in [1.54, 1.807) is 25.9 Å². The van der Waals surface area contributed by atoms with Gasteiger partial charge in [0, 0.05) is 20.6 Å². The number of carbonyl (C=O) groups is 1. The molecule has 0 bridgehead atoms. The van der Waals surface area contributed by atoms with Gasteiger partial charge < -0.3 is 14.4 Å². The number of ether oxygens (including phenoxy) is 2. The van der Waals surface area contributed by atoms with Crippen molar-refractivity contribution in [2.75, 3.05) is 33.4 Å². The maximum Gasteiger partial charge on any atom is 0.273 e. The summed E-state index contributed by atoms with van der Waals surface area (Å²) < 4.78 is 12.3. The number of aromatic nitrogens is 2. The number of halogens is 1. The molecule has 1 aliphatic rings. The third-order valence-corrected chi connectivity index (χ3v) is 3.51. The molecule has 1 fully saturated rings. The van der Waals surface area contributed by atoms with E-state index in [0.29, 0.717) is 42.8 Å². The van der Waals surface area contributed by atoms with E-state index in [1.807, 2.05) is 0 Å². The highest BCUT2D eigenvalue weighted by atomic mass is 35.5. The van der Waals surface area contributed by atoms with Crippen LogP contribution >= 0.6 is 11.6 Å². The van der Waals surface area contributed by atoms with Crippen LogP contribution < -0.4 is 0 Å². The normalized spacial score (nSPS) is 19.5. The molecule has 1 unspecified atom stereocenters. The number of hydrogen-bond acceptors (Lipinski definition) is 4. The minimum absolute atomic E-state index is 0.0872. The minimum Gasteiger partial charge on any atom is -0.376 e. The van der Waals surface area contributed by atoms with Gasteiger partial charge in [-0.3, -0.25) is 9.48 Å². The van der Waals surface area contributed by atoms with Crippen LogP contribution in [-0.4, -0.2) is 60.1 Å². The molecule has 1 aromatic rings. The van der Waals surface area contributed by atoms with Crippen LogP contribution in [0.15, 0.2) is 0 Å². The van der Waals surface area contributed by atoms with E-state index in [1.165, 1.54) is 4.68 Å². The van der Waals surface area contributed by atoms with Crippen LogP contribution in [0.5, 0.6) is 0 Å². The first-order valence-corrected chi connectivity index (χ1v) is 6.52. The second-order valence-corrected chi connectivity index (χ2v) is 5.00. The van der Waals surface area contributed by atoms with Crippen LogP contribution in [0.4, 0.5) is 0 Å². The van der Waals surface area contributed by atoms with Crippen molar-refractivity contribution in [2.24, 2.45) is 7.05 Å². The number of aryl methyl sites for hydroxylation is 2. The molecule has 2 heterocycles. The Kier molecular flexibility index (Phi) is 4.44. The van der Waals surface area contributed by atoms with Gasteiger partial charge in [-0.1, -0.05) is 11.6 Å². The fraction of sp³-hybridized carbons (Fsp3) is 0.667. The van der Waals surface area contributed by atoms with E-state index in [4.69, 9.17) is 21.1 Å². The highest BCUT2D eigenvalue weighted by Gasteiger charge is 2.25.